The fourth-order valence-electron chi connectivity index (χ4n) is 4.83. The molecule has 3 amide bonds. The smallest absolute Gasteiger partial charge is 0.333 e. The summed E-state index contributed by atoms with van der Waals surface area (Å²) in [5.41, 5.74) is 3.70. The van der Waals surface area contributed by atoms with Crippen molar-refractivity contribution in [3.05, 3.63) is 60.2 Å². The second-order valence-corrected chi connectivity index (χ2v) is 10.7. The zero-order valence-electron chi connectivity index (χ0n) is 25.1. The van der Waals surface area contributed by atoms with Gasteiger partial charge in [-0.3, -0.25) is 19.2 Å². The van der Waals surface area contributed by atoms with E-state index in [1.54, 1.807) is 31.2 Å². The first-order valence-electron chi connectivity index (χ1n) is 15.4. The molecule has 0 radical (unpaired) electrons. The van der Waals surface area contributed by atoms with Crippen LogP contribution >= 0.6 is 0 Å². The third-order valence-corrected chi connectivity index (χ3v) is 7.08. The molecule has 1 aliphatic carbocycles. The van der Waals surface area contributed by atoms with Crippen molar-refractivity contribution in [1.29, 1.82) is 0 Å². The molecule has 2 aromatic rings. The van der Waals surface area contributed by atoms with Gasteiger partial charge in [0.25, 0.3) is 0 Å². The number of ether oxygens (including phenoxy) is 2. The van der Waals surface area contributed by atoms with Gasteiger partial charge >= 0.3 is 5.97 Å². The Labute approximate surface area is 254 Å². The molecule has 1 saturated carbocycles. The molecule has 0 saturated heterocycles. The summed E-state index contributed by atoms with van der Waals surface area (Å²) in [6.45, 7) is 2.54. The molecule has 10 nitrogen and oxygen atoms in total. The Balaban J connectivity index is 1.34. The van der Waals surface area contributed by atoms with Crippen LogP contribution in [-0.4, -0.2) is 43.0 Å². The second kappa shape index (κ2) is 19.3. The van der Waals surface area contributed by atoms with Gasteiger partial charge in [0, 0.05) is 31.0 Å². The number of rotatable bonds is 19. The van der Waals surface area contributed by atoms with Gasteiger partial charge in [0.1, 0.15) is 11.9 Å². The fourth-order valence-corrected chi connectivity index (χ4v) is 4.83. The van der Waals surface area contributed by atoms with Crippen LogP contribution < -0.4 is 20.9 Å². The van der Waals surface area contributed by atoms with E-state index >= 15 is 0 Å². The maximum Gasteiger partial charge on any atom is 0.333 e. The Morgan fingerprint density at radius 2 is 1.51 bits per heavy atom. The van der Waals surface area contributed by atoms with Gasteiger partial charge in [-0.05, 0) is 69.6 Å². The number of anilines is 1. The molecule has 3 rings (SSSR count). The van der Waals surface area contributed by atoms with Crippen molar-refractivity contribution in [3.8, 4) is 5.75 Å². The zero-order valence-corrected chi connectivity index (χ0v) is 25.1. The number of hydrogen-bond acceptors (Lipinski definition) is 7. The molecule has 0 bridgehead atoms. The average Bonchev–Trinajstić information content (AvgIpc) is 3.52. The lowest BCUT2D eigenvalue weighted by molar-refractivity contribution is -0.153. The summed E-state index contributed by atoms with van der Waals surface area (Å²) in [4.78, 5) is 54.3. The summed E-state index contributed by atoms with van der Waals surface area (Å²) in [6, 6.07) is 15.4. The van der Waals surface area contributed by atoms with Gasteiger partial charge in [-0.2, -0.15) is 0 Å². The van der Waals surface area contributed by atoms with E-state index in [4.69, 9.17) is 14.3 Å². The van der Waals surface area contributed by atoms with Crippen molar-refractivity contribution in [1.82, 2.24) is 10.8 Å². The third kappa shape index (κ3) is 13.3. The molecule has 0 spiro atoms. The molecule has 0 heterocycles. The van der Waals surface area contributed by atoms with Crippen molar-refractivity contribution in [2.24, 2.45) is 0 Å². The number of hydrogen-bond donors (Lipinski definition) is 3. The van der Waals surface area contributed by atoms with E-state index < -0.39 is 12.0 Å². The Morgan fingerprint density at radius 3 is 2.23 bits per heavy atom. The molecule has 3 N–H and O–H groups in total. The van der Waals surface area contributed by atoms with Crippen molar-refractivity contribution in [2.45, 2.75) is 96.1 Å². The highest BCUT2D eigenvalue weighted by molar-refractivity contribution is 5.90. The fraction of sp³-hybridized carbons (Fsp3) is 0.515. The van der Waals surface area contributed by atoms with Crippen LogP contribution in [0.25, 0.3) is 0 Å². The molecule has 0 unspecified atom stereocenters. The van der Waals surface area contributed by atoms with Crippen molar-refractivity contribution < 1.29 is 33.5 Å². The Hall–Kier alpha value is -3.92. The van der Waals surface area contributed by atoms with Crippen LogP contribution in [0, 0.1) is 0 Å². The van der Waals surface area contributed by atoms with Crippen molar-refractivity contribution in [2.75, 3.05) is 18.5 Å². The van der Waals surface area contributed by atoms with E-state index in [1.165, 1.54) is 0 Å². The third-order valence-electron chi connectivity index (χ3n) is 7.08. The zero-order chi connectivity index (χ0) is 30.7. The highest BCUT2D eigenvalue weighted by Crippen LogP contribution is 2.24. The van der Waals surface area contributed by atoms with E-state index in [9.17, 15) is 19.2 Å². The lowest BCUT2D eigenvalue weighted by atomic mass is 10.1. The monoisotopic (exact) mass is 595 g/mol. The Morgan fingerprint density at radius 1 is 0.814 bits per heavy atom. The summed E-state index contributed by atoms with van der Waals surface area (Å²) in [5.74, 6) is -0.300. The summed E-state index contributed by atoms with van der Waals surface area (Å²) >= 11 is 0. The van der Waals surface area contributed by atoms with Crippen LogP contribution in [0.5, 0.6) is 5.75 Å². The number of nitrogens with one attached hydrogen (secondary N) is 3. The Kier molecular flexibility index (Phi) is 15.1. The molecule has 10 heteroatoms. The van der Waals surface area contributed by atoms with E-state index in [-0.39, 0.29) is 30.2 Å². The number of hydroxylamine groups is 1. The molecule has 43 heavy (non-hydrogen) atoms. The van der Waals surface area contributed by atoms with Crippen LogP contribution in [-0.2, 0) is 28.8 Å². The minimum absolute atomic E-state index is 0.0812. The second-order valence-electron chi connectivity index (χ2n) is 10.7. The van der Waals surface area contributed by atoms with Gasteiger partial charge < -0.3 is 20.1 Å². The summed E-state index contributed by atoms with van der Waals surface area (Å²) in [6.07, 6.45) is 8.41. The van der Waals surface area contributed by atoms with E-state index in [2.05, 4.69) is 16.1 Å². The van der Waals surface area contributed by atoms with Crippen LogP contribution in [0.2, 0.25) is 0 Å². The first-order chi connectivity index (χ1) is 20.9. The molecule has 1 atom stereocenters. The van der Waals surface area contributed by atoms with Gasteiger partial charge in [-0.15, -0.1) is 0 Å². The lowest BCUT2D eigenvalue weighted by Gasteiger charge is -2.20. The minimum Gasteiger partial charge on any atom is -0.494 e. The number of amides is 3. The molecular formula is C33H45N3O7. The maximum absolute atomic E-state index is 12.9. The van der Waals surface area contributed by atoms with Gasteiger partial charge in [-0.1, -0.05) is 49.2 Å². The largest absolute Gasteiger partial charge is 0.494 e. The maximum atomic E-state index is 12.9. The standard InChI is InChI=1S/C33H45N3O7/c1-2-42-36-31(39)21-9-4-3-8-20-29(37)34-26-16-12-19-28(24-26)41-23-13-22-30(38)35-32(25-14-6-5-7-15-25)33(40)43-27-17-10-11-18-27/h5-7,12,14-16,19,24,27,32H,2-4,8-11,13,17-18,20-23H2,1H3,(H,34,37)(H,35,38)(H,36,39)/t32-/m0/s1. The van der Waals surface area contributed by atoms with Gasteiger partial charge in [0.2, 0.25) is 17.7 Å². The first kappa shape index (κ1) is 33.6. The van der Waals surface area contributed by atoms with E-state index in [0.717, 1.165) is 51.4 Å². The molecule has 0 aliphatic heterocycles. The highest BCUT2D eigenvalue weighted by atomic mass is 16.6. The normalized spacial score (nSPS) is 13.6. The molecular weight excluding hydrogens is 550 g/mol. The quantitative estimate of drug-likeness (QED) is 0.110. The van der Waals surface area contributed by atoms with Gasteiger partial charge in [0.15, 0.2) is 6.04 Å². The number of unbranched alkanes of at least 4 members (excludes halogenated alkanes) is 3. The first-order valence-corrected chi connectivity index (χ1v) is 15.4. The topological polar surface area (TPSA) is 132 Å². The number of carbonyl (C=O) groups is 4. The molecule has 2 aromatic carbocycles. The molecule has 1 aliphatic rings. The molecule has 0 aromatic heterocycles. The summed E-state index contributed by atoms with van der Waals surface area (Å²) in [7, 11) is 0. The predicted octanol–water partition coefficient (Wildman–Crippen LogP) is 5.54. The van der Waals surface area contributed by atoms with Crippen LogP contribution in [0.3, 0.4) is 0 Å². The number of esters is 1. The average molecular weight is 596 g/mol. The van der Waals surface area contributed by atoms with E-state index in [1.807, 2.05) is 30.3 Å². The van der Waals surface area contributed by atoms with Crippen LogP contribution in [0.4, 0.5) is 5.69 Å². The van der Waals surface area contributed by atoms with Crippen LogP contribution in [0.1, 0.15) is 95.6 Å². The number of benzene rings is 2. The van der Waals surface area contributed by atoms with Gasteiger partial charge in [0.05, 0.1) is 13.2 Å². The highest BCUT2D eigenvalue weighted by Gasteiger charge is 2.28. The molecule has 1 fully saturated rings. The lowest BCUT2D eigenvalue weighted by Crippen LogP contribution is -2.36. The van der Waals surface area contributed by atoms with E-state index in [0.29, 0.717) is 49.5 Å². The summed E-state index contributed by atoms with van der Waals surface area (Å²) in [5, 5.41) is 5.73. The SMILES string of the molecule is CCONC(=O)CCCCCCC(=O)Nc1cccc(OCCCC(=O)N[C@H](C(=O)OC2CCCC2)c2ccccc2)c1. The van der Waals surface area contributed by atoms with Crippen molar-refractivity contribution >= 4 is 29.4 Å². The molecule has 234 valence electrons. The summed E-state index contributed by atoms with van der Waals surface area (Å²) < 4.78 is 11.5. The number of carbonyl (C=O) groups excluding carboxylic acids is 4. The van der Waals surface area contributed by atoms with Crippen LogP contribution in [0.15, 0.2) is 54.6 Å². The Bertz CT molecular complexity index is 1150. The minimum atomic E-state index is -0.845. The van der Waals surface area contributed by atoms with Crippen molar-refractivity contribution in [3.63, 3.8) is 0 Å². The van der Waals surface area contributed by atoms with Gasteiger partial charge in [-0.25, -0.2) is 10.3 Å². The predicted molar refractivity (Wildman–Crippen MR) is 163 cm³/mol.